The predicted octanol–water partition coefficient (Wildman–Crippen LogP) is 1.44. The first-order valence-electron chi connectivity index (χ1n) is 4.76. The van der Waals surface area contributed by atoms with Gasteiger partial charge in [-0.05, 0) is 12.8 Å². The molecule has 1 aliphatic rings. The van der Waals surface area contributed by atoms with Gasteiger partial charge in [0.25, 0.3) is 0 Å². The summed E-state index contributed by atoms with van der Waals surface area (Å²) in [7, 11) is 0. The van der Waals surface area contributed by atoms with Gasteiger partial charge < -0.3 is 10.8 Å². The topological polar surface area (TPSA) is 46.2 Å². The van der Waals surface area contributed by atoms with Gasteiger partial charge in [0.1, 0.15) is 0 Å². The van der Waals surface area contributed by atoms with Crippen LogP contribution in [0.2, 0.25) is 0 Å². The lowest BCUT2D eigenvalue weighted by atomic mass is 9.70. The maximum absolute atomic E-state index is 9.74. The highest BCUT2D eigenvalue weighted by Gasteiger charge is 2.35. The summed E-state index contributed by atoms with van der Waals surface area (Å²) in [6, 6.07) is 0. The maximum atomic E-state index is 9.74. The first-order chi connectivity index (χ1) is 5.75. The number of nitrogens with two attached hydrogens (primary N) is 1. The largest absolute Gasteiger partial charge is 0.388 e. The van der Waals surface area contributed by atoms with Crippen molar-refractivity contribution in [1.29, 1.82) is 0 Å². The Hall–Kier alpha value is -0.340. The molecule has 0 bridgehead atoms. The smallest absolute Gasteiger partial charge is 0.0786 e. The van der Waals surface area contributed by atoms with E-state index in [-0.39, 0.29) is 5.41 Å². The quantitative estimate of drug-likeness (QED) is 0.628. The number of aliphatic hydroxyl groups is 1. The first-order valence-corrected chi connectivity index (χ1v) is 4.76. The summed E-state index contributed by atoms with van der Waals surface area (Å²) < 4.78 is 0. The molecule has 1 rings (SSSR count). The molecule has 0 aliphatic heterocycles. The molecule has 0 radical (unpaired) electrons. The van der Waals surface area contributed by atoms with E-state index in [1.807, 2.05) is 0 Å². The number of rotatable bonds is 3. The number of hydrogen-bond acceptors (Lipinski definition) is 2. The van der Waals surface area contributed by atoms with Crippen LogP contribution in [0.5, 0.6) is 0 Å². The van der Waals surface area contributed by atoms with Gasteiger partial charge in [-0.3, -0.25) is 0 Å². The van der Waals surface area contributed by atoms with Crippen LogP contribution in [0.15, 0.2) is 12.7 Å². The summed E-state index contributed by atoms with van der Waals surface area (Å²) in [4.78, 5) is 0. The Morgan fingerprint density at radius 2 is 2.00 bits per heavy atom. The van der Waals surface area contributed by atoms with Crippen molar-refractivity contribution in [3.05, 3.63) is 12.7 Å². The van der Waals surface area contributed by atoms with Gasteiger partial charge in [-0.15, -0.1) is 6.58 Å². The molecule has 0 spiro atoms. The SMILES string of the molecule is C=CC(O)C1(CN)CCCCC1. The highest BCUT2D eigenvalue weighted by Crippen LogP contribution is 2.38. The van der Waals surface area contributed by atoms with Gasteiger partial charge in [-0.25, -0.2) is 0 Å². The van der Waals surface area contributed by atoms with Crippen molar-refractivity contribution in [3.8, 4) is 0 Å². The molecule has 1 aliphatic carbocycles. The zero-order valence-electron chi connectivity index (χ0n) is 7.63. The van der Waals surface area contributed by atoms with Crippen LogP contribution in [0.1, 0.15) is 32.1 Å². The van der Waals surface area contributed by atoms with E-state index < -0.39 is 6.10 Å². The molecule has 0 saturated heterocycles. The fourth-order valence-electron chi connectivity index (χ4n) is 2.13. The van der Waals surface area contributed by atoms with Gasteiger partial charge in [0.2, 0.25) is 0 Å². The Labute approximate surface area is 74.5 Å². The molecular formula is C10H19NO. The van der Waals surface area contributed by atoms with Gasteiger partial charge in [0.15, 0.2) is 0 Å². The van der Waals surface area contributed by atoms with Crippen LogP contribution in [-0.2, 0) is 0 Å². The molecule has 70 valence electrons. The fourth-order valence-corrected chi connectivity index (χ4v) is 2.13. The van der Waals surface area contributed by atoms with Crippen LogP contribution < -0.4 is 5.73 Å². The third-order valence-electron chi connectivity index (χ3n) is 3.11. The first kappa shape index (κ1) is 9.75. The molecule has 3 N–H and O–H groups in total. The molecule has 12 heavy (non-hydrogen) atoms. The van der Waals surface area contributed by atoms with Crippen molar-refractivity contribution < 1.29 is 5.11 Å². The maximum Gasteiger partial charge on any atom is 0.0786 e. The molecule has 0 aromatic carbocycles. The summed E-state index contributed by atoms with van der Waals surface area (Å²) in [5.74, 6) is 0. The van der Waals surface area contributed by atoms with Crippen molar-refractivity contribution >= 4 is 0 Å². The zero-order valence-corrected chi connectivity index (χ0v) is 7.63. The van der Waals surface area contributed by atoms with Crippen LogP contribution >= 0.6 is 0 Å². The van der Waals surface area contributed by atoms with Crippen LogP contribution in [0.25, 0.3) is 0 Å². The zero-order chi connectivity index (χ0) is 9.03. The molecular weight excluding hydrogens is 150 g/mol. The van der Waals surface area contributed by atoms with E-state index in [1.165, 1.54) is 19.3 Å². The molecule has 0 aromatic rings. The summed E-state index contributed by atoms with van der Waals surface area (Å²) in [5, 5.41) is 9.74. The summed E-state index contributed by atoms with van der Waals surface area (Å²) in [6.45, 7) is 4.21. The molecule has 0 heterocycles. The summed E-state index contributed by atoms with van der Waals surface area (Å²) in [6.07, 6.45) is 6.99. The van der Waals surface area contributed by atoms with E-state index in [0.29, 0.717) is 6.54 Å². The highest BCUT2D eigenvalue weighted by atomic mass is 16.3. The van der Waals surface area contributed by atoms with Crippen molar-refractivity contribution in [2.24, 2.45) is 11.1 Å². The molecule has 0 aromatic heterocycles. The van der Waals surface area contributed by atoms with Crippen LogP contribution in [0.3, 0.4) is 0 Å². The Kier molecular flexibility index (Phi) is 3.29. The average molecular weight is 169 g/mol. The monoisotopic (exact) mass is 169 g/mol. The van der Waals surface area contributed by atoms with Crippen molar-refractivity contribution in [2.75, 3.05) is 6.54 Å². The van der Waals surface area contributed by atoms with Gasteiger partial charge in [0.05, 0.1) is 6.10 Å². The van der Waals surface area contributed by atoms with Gasteiger partial charge >= 0.3 is 0 Å². The van der Waals surface area contributed by atoms with Crippen LogP contribution in [0, 0.1) is 5.41 Å². The highest BCUT2D eigenvalue weighted by molar-refractivity contribution is 4.97. The van der Waals surface area contributed by atoms with Crippen molar-refractivity contribution in [1.82, 2.24) is 0 Å². The van der Waals surface area contributed by atoms with E-state index >= 15 is 0 Å². The van der Waals surface area contributed by atoms with Gasteiger partial charge in [-0.1, -0.05) is 25.3 Å². The summed E-state index contributed by atoms with van der Waals surface area (Å²) in [5.41, 5.74) is 5.65. The minimum absolute atomic E-state index is 0.0556. The van der Waals surface area contributed by atoms with E-state index in [1.54, 1.807) is 6.08 Å². The Morgan fingerprint density at radius 1 is 1.42 bits per heavy atom. The second-order valence-electron chi connectivity index (χ2n) is 3.81. The lowest BCUT2D eigenvalue weighted by Gasteiger charge is -2.38. The molecule has 2 heteroatoms. The van der Waals surface area contributed by atoms with Crippen molar-refractivity contribution in [3.63, 3.8) is 0 Å². The van der Waals surface area contributed by atoms with Gasteiger partial charge in [-0.2, -0.15) is 0 Å². The molecule has 1 saturated carbocycles. The third kappa shape index (κ3) is 1.70. The molecule has 0 amide bonds. The molecule has 1 unspecified atom stereocenters. The fraction of sp³-hybridized carbons (Fsp3) is 0.800. The standard InChI is InChI=1S/C10H19NO/c1-2-9(12)10(8-11)6-4-3-5-7-10/h2,9,12H,1,3-8,11H2. The normalized spacial score (nSPS) is 24.8. The molecule has 2 nitrogen and oxygen atoms in total. The summed E-state index contributed by atoms with van der Waals surface area (Å²) >= 11 is 0. The average Bonchev–Trinajstić information content (AvgIpc) is 2.17. The Bertz CT molecular complexity index is 150. The van der Waals surface area contributed by atoms with Crippen molar-refractivity contribution in [2.45, 2.75) is 38.2 Å². The molecule has 1 fully saturated rings. The number of hydrogen-bond donors (Lipinski definition) is 2. The minimum atomic E-state index is -0.414. The number of aliphatic hydroxyl groups excluding tert-OH is 1. The predicted molar refractivity (Wildman–Crippen MR) is 50.8 cm³/mol. The molecule has 1 atom stereocenters. The second kappa shape index (κ2) is 4.06. The van der Waals surface area contributed by atoms with Crippen LogP contribution in [0.4, 0.5) is 0 Å². The lowest BCUT2D eigenvalue weighted by Crippen LogP contribution is -2.42. The lowest BCUT2D eigenvalue weighted by molar-refractivity contribution is 0.0357. The van der Waals surface area contributed by atoms with Crippen LogP contribution in [-0.4, -0.2) is 17.8 Å². The Morgan fingerprint density at radius 3 is 2.42 bits per heavy atom. The van der Waals surface area contributed by atoms with E-state index in [4.69, 9.17) is 5.73 Å². The Balaban J connectivity index is 2.65. The second-order valence-corrected chi connectivity index (χ2v) is 3.81. The van der Waals surface area contributed by atoms with E-state index in [0.717, 1.165) is 12.8 Å². The third-order valence-corrected chi connectivity index (χ3v) is 3.11. The van der Waals surface area contributed by atoms with E-state index in [2.05, 4.69) is 6.58 Å². The van der Waals surface area contributed by atoms with E-state index in [9.17, 15) is 5.11 Å². The van der Waals surface area contributed by atoms with Gasteiger partial charge in [0, 0.05) is 12.0 Å². The minimum Gasteiger partial charge on any atom is -0.388 e.